The van der Waals surface area contributed by atoms with E-state index in [2.05, 4.69) is 60.8 Å². The van der Waals surface area contributed by atoms with E-state index in [1.54, 1.807) is 0 Å². The third-order valence-corrected chi connectivity index (χ3v) is 5.37. The van der Waals surface area contributed by atoms with Crippen LogP contribution in [0.3, 0.4) is 0 Å². The van der Waals surface area contributed by atoms with Crippen molar-refractivity contribution in [2.24, 2.45) is 5.92 Å². The Morgan fingerprint density at radius 2 is 1.38 bits per heavy atom. The van der Waals surface area contributed by atoms with E-state index in [1.807, 2.05) is 0 Å². The van der Waals surface area contributed by atoms with E-state index in [-0.39, 0.29) is 0 Å². The van der Waals surface area contributed by atoms with Crippen LogP contribution in [-0.4, -0.2) is 6.04 Å². The van der Waals surface area contributed by atoms with Crippen LogP contribution in [0.5, 0.6) is 0 Å². The van der Waals surface area contributed by atoms with Crippen molar-refractivity contribution in [2.75, 3.05) is 0 Å². The van der Waals surface area contributed by atoms with Crippen LogP contribution in [0.2, 0.25) is 0 Å². The molecule has 1 nitrogen and oxygen atoms in total. The van der Waals surface area contributed by atoms with E-state index >= 15 is 0 Å². The minimum Gasteiger partial charge on any atom is -0.303 e. The molecule has 2 aromatic rings. The van der Waals surface area contributed by atoms with Crippen LogP contribution in [0.25, 0.3) is 11.1 Å². The summed E-state index contributed by atoms with van der Waals surface area (Å²) in [6, 6.07) is 18.7. The minimum atomic E-state index is 0.369. The number of benzene rings is 2. The zero-order valence-corrected chi connectivity index (χ0v) is 12.7. The number of hydrogen-bond donors (Lipinski definition) is 1. The average Bonchev–Trinajstić information content (AvgIpc) is 3.15. The van der Waals surface area contributed by atoms with Gasteiger partial charge in [0.05, 0.1) is 6.04 Å². The van der Waals surface area contributed by atoms with Gasteiger partial charge in [-0.3, -0.25) is 0 Å². The molecule has 0 heterocycles. The first-order valence-electron chi connectivity index (χ1n) is 8.29. The molecule has 1 unspecified atom stereocenters. The molecule has 0 amide bonds. The van der Waals surface area contributed by atoms with Gasteiger partial charge < -0.3 is 5.32 Å². The molecule has 2 aliphatic rings. The predicted octanol–water partition coefficient (Wildman–Crippen LogP) is 4.92. The van der Waals surface area contributed by atoms with Crippen molar-refractivity contribution >= 4 is 0 Å². The van der Waals surface area contributed by atoms with E-state index in [9.17, 15) is 0 Å². The molecule has 0 radical (unpaired) electrons. The van der Waals surface area contributed by atoms with Gasteiger partial charge in [0.25, 0.3) is 0 Å². The average molecular weight is 277 g/mol. The maximum atomic E-state index is 3.93. The highest BCUT2D eigenvalue weighted by Crippen LogP contribution is 2.43. The summed E-state index contributed by atoms with van der Waals surface area (Å²) in [5, 5.41) is 3.93. The van der Waals surface area contributed by atoms with Crippen molar-refractivity contribution in [1.29, 1.82) is 0 Å². The number of nitrogens with one attached hydrogen (secondary N) is 1. The topological polar surface area (TPSA) is 12.0 Å². The zero-order chi connectivity index (χ0) is 14.2. The molecule has 1 heteroatoms. The first kappa shape index (κ1) is 13.1. The summed E-state index contributed by atoms with van der Waals surface area (Å²) >= 11 is 0. The van der Waals surface area contributed by atoms with E-state index in [0.29, 0.717) is 12.1 Å². The molecule has 2 aromatic carbocycles. The van der Waals surface area contributed by atoms with Crippen molar-refractivity contribution in [3.8, 4) is 11.1 Å². The molecule has 1 saturated carbocycles. The van der Waals surface area contributed by atoms with Gasteiger partial charge in [0, 0.05) is 6.04 Å². The molecule has 0 aliphatic heterocycles. The van der Waals surface area contributed by atoms with Crippen LogP contribution in [0.15, 0.2) is 48.5 Å². The van der Waals surface area contributed by atoms with Crippen LogP contribution in [0.4, 0.5) is 0 Å². The lowest BCUT2D eigenvalue weighted by atomic mass is 9.96. The van der Waals surface area contributed by atoms with Crippen molar-refractivity contribution in [3.63, 3.8) is 0 Å². The van der Waals surface area contributed by atoms with Crippen molar-refractivity contribution in [3.05, 3.63) is 59.7 Å². The molecule has 0 aromatic heterocycles. The minimum absolute atomic E-state index is 0.369. The smallest absolute Gasteiger partial charge is 0.0591 e. The Labute approximate surface area is 127 Å². The molecule has 1 atom stereocenters. The van der Waals surface area contributed by atoms with Gasteiger partial charge in [-0.1, -0.05) is 61.4 Å². The fourth-order valence-electron chi connectivity index (χ4n) is 4.19. The van der Waals surface area contributed by atoms with Gasteiger partial charge >= 0.3 is 0 Å². The van der Waals surface area contributed by atoms with Gasteiger partial charge in [0.15, 0.2) is 0 Å². The van der Waals surface area contributed by atoms with Crippen LogP contribution in [-0.2, 0) is 0 Å². The van der Waals surface area contributed by atoms with E-state index in [1.165, 1.54) is 47.9 Å². The lowest BCUT2D eigenvalue weighted by Crippen LogP contribution is -2.35. The summed E-state index contributed by atoms with van der Waals surface area (Å²) < 4.78 is 0. The van der Waals surface area contributed by atoms with Gasteiger partial charge in [0.1, 0.15) is 0 Å². The van der Waals surface area contributed by atoms with Crippen molar-refractivity contribution < 1.29 is 0 Å². The Hall–Kier alpha value is -1.60. The number of rotatable bonds is 3. The summed E-state index contributed by atoms with van der Waals surface area (Å²) in [6.07, 6.45) is 5.61. The monoisotopic (exact) mass is 277 g/mol. The normalized spacial score (nSPS) is 19.5. The van der Waals surface area contributed by atoms with E-state index in [4.69, 9.17) is 0 Å². The molecule has 0 bridgehead atoms. The molecule has 108 valence electrons. The molecule has 0 saturated heterocycles. The summed E-state index contributed by atoms with van der Waals surface area (Å²) in [4.78, 5) is 0. The first-order chi connectivity index (χ1) is 10.3. The number of hydrogen-bond acceptors (Lipinski definition) is 1. The Morgan fingerprint density at radius 3 is 1.95 bits per heavy atom. The first-order valence-corrected chi connectivity index (χ1v) is 8.29. The lowest BCUT2D eigenvalue weighted by Gasteiger charge is -2.26. The second-order valence-corrected chi connectivity index (χ2v) is 6.61. The second-order valence-electron chi connectivity index (χ2n) is 6.61. The molecular formula is C20H23N. The predicted molar refractivity (Wildman–Crippen MR) is 88.3 cm³/mol. The van der Waals surface area contributed by atoms with Gasteiger partial charge in [-0.25, -0.2) is 0 Å². The summed E-state index contributed by atoms with van der Waals surface area (Å²) in [5.41, 5.74) is 5.71. The molecule has 21 heavy (non-hydrogen) atoms. The lowest BCUT2D eigenvalue weighted by molar-refractivity contribution is 0.363. The largest absolute Gasteiger partial charge is 0.303 e. The van der Waals surface area contributed by atoms with Crippen molar-refractivity contribution in [2.45, 2.75) is 44.7 Å². The highest BCUT2D eigenvalue weighted by molar-refractivity contribution is 5.78. The van der Waals surface area contributed by atoms with Gasteiger partial charge in [-0.2, -0.15) is 0 Å². The summed E-state index contributed by atoms with van der Waals surface area (Å²) in [6.45, 7) is 2.37. The van der Waals surface area contributed by atoms with Crippen LogP contribution in [0.1, 0.15) is 49.8 Å². The maximum absolute atomic E-state index is 3.93. The van der Waals surface area contributed by atoms with E-state index in [0.717, 1.165) is 5.92 Å². The Bertz CT molecular complexity index is 594. The quantitative estimate of drug-likeness (QED) is 0.839. The number of fused-ring (bicyclic) bond motifs is 3. The fourth-order valence-corrected chi connectivity index (χ4v) is 4.19. The fraction of sp³-hybridized carbons (Fsp3) is 0.400. The zero-order valence-electron chi connectivity index (χ0n) is 12.7. The van der Waals surface area contributed by atoms with Crippen molar-refractivity contribution in [1.82, 2.24) is 5.32 Å². The highest BCUT2D eigenvalue weighted by Gasteiger charge is 2.31. The maximum Gasteiger partial charge on any atom is 0.0591 e. The summed E-state index contributed by atoms with van der Waals surface area (Å²) in [7, 11) is 0. The van der Waals surface area contributed by atoms with Crippen LogP contribution in [0, 0.1) is 5.92 Å². The summed E-state index contributed by atoms with van der Waals surface area (Å²) in [5.74, 6) is 0.852. The molecule has 1 fully saturated rings. The molecule has 0 spiro atoms. The Kier molecular flexibility index (Phi) is 3.31. The standard InChI is InChI=1S/C20H23N/c1-14(15-8-2-3-9-15)21-20-18-12-6-4-10-16(18)17-11-5-7-13-19(17)20/h4-7,10-15,20-21H,2-3,8-9H2,1H3. The second kappa shape index (κ2) is 5.31. The molecule has 4 rings (SSSR count). The van der Waals surface area contributed by atoms with E-state index < -0.39 is 0 Å². The van der Waals surface area contributed by atoms with Gasteiger partial charge in [-0.15, -0.1) is 0 Å². The highest BCUT2D eigenvalue weighted by atomic mass is 15.0. The Balaban J connectivity index is 1.68. The third-order valence-electron chi connectivity index (χ3n) is 5.37. The third kappa shape index (κ3) is 2.20. The molecule has 2 aliphatic carbocycles. The Morgan fingerprint density at radius 1 is 0.857 bits per heavy atom. The van der Waals surface area contributed by atoms with Gasteiger partial charge in [-0.05, 0) is 47.9 Å². The SMILES string of the molecule is CC(NC1c2ccccc2-c2ccccc21)C1CCCC1. The molecule has 1 N–H and O–H groups in total. The van der Waals surface area contributed by atoms with Crippen LogP contribution < -0.4 is 5.32 Å². The van der Waals surface area contributed by atoms with Gasteiger partial charge in [0.2, 0.25) is 0 Å². The molecular weight excluding hydrogens is 254 g/mol. The van der Waals surface area contributed by atoms with Crippen LogP contribution >= 0.6 is 0 Å².